The van der Waals surface area contributed by atoms with Gasteiger partial charge >= 0.3 is 0 Å². The van der Waals surface area contributed by atoms with Crippen molar-refractivity contribution >= 4 is 11.9 Å². The second-order valence-corrected chi connectivity index (χ2v) is 8.60. The molecule has 0 aliphatic heterocycles. The summed E-state index contributed by atoms with van der Waals surface area (Å²) in [5.41, 5.74) is 5.66. The number of rotatable bonds is 7. The summed E-state index contributed by atoms with van der Waals surface area (Å²) in [6.45, 7) is 3.63. The van der Waals surface area contributed by atoms with Gasteiger partial charge in [0, 0.05) is 23.5 Å². The van der Waals surface area contributed by atoms with Crippen LogP contribution in [0, 0.1) is 13.8 Å². The molecule has 0 aliphatic carbocycles. The normalized spacial score (nSPS) is 12.1. The van der Waals surface area contributed by atoms with Gasteiger partial charge in [-0.15, -0.1) is 0 Å². The second-order valence-electron chi connectivity index (χ2n) is 8.60. The molecule has 0 amide bonds. The molecule has 6 aromatic rings. The molecule has 8 nitrogen and oxygen atoms in total. The second kappa shape index (κ2) is 9.23. The molecule has 4 aromatic heterocycles. The van der Waals surface area contributed by atoms with Gasteiger partial charge in [-0.3, -0.25) is 4.79 Å². The van der Waals surface area contributed by atoms with E-state index < -0.39 is 6.10 Å². The lowest BCUT2D eigenvalue weighted by atomic mass is 10.0. The molecule has 37 heavy (non-hydrogen) atoms. The summed E-state index contributed by atoms with van der Waals surface area (Å²) in [4.78, 5) is 17.1. The van der Waals surface area contributed by atoms with Crippen molar-refractivity contribution in [3.63, 3.8) is 0 Å². The largest absolute Gasteiger partial charge is 0.474 e. The number of nitrogens with zero attached hydrogens (tertiary/aromatic N) is 4. The molecule has 1 unspecified atom stereocenters. The zero-order valence-corrected chi connectivity index (χ0v) is 20.2. The van der Waals surface area contributed by atoms with E-state index in [1.54, 1.807) is 13.0 Å². The first-order valence-corrected chi connectivity index (χ1v) is 11.8. The molecule has 0 bridgehead atoms. The molecular weight excluding hydrogens is 468 g/mol. The van der Waals surface area contributed by atoms with Crippen molar-refractivity contribution < 1.29 is 18.6 Å². The van der Waals surface area contributed by atoms with Crippen LogP contribution in [-0.2, 0) is 4.79 Å². The Morgan fingerprint density at radius 2 is 1.49 bits per heavy atom. The Morgan fingerprint density at radius 3 is 2.19 bits per heavy atom. The first-order chi connectivity index (χ1) is 18.1. The monoisotopic (exact) mass is 490 g/mol. The zero-order valence-electron chi connectivity index (χ0n) is 20.2. The van der Waals surface area contributed by atoms with E-state index >= 15 is 0 Å². The third-order valence-corrected chi connectivity index (χ3v) is 6.23. The number of ether oxygens (including phenoxy) is 1. The van der Waals surface area contributed by atoms with Crippen molar-refractivity contribution in [2.75, 3.05) is 0 Å². The van der Waals surface area contributed by atoms with Gasteiger partial charge in [0.1, 0.15) is 22.9 Å². The number of benzene rings is 2. The van der Waals surface area contributed by atoms with Crippen molar-refractivity contribution in [3.05, 3.63) is 102 Å². The van der Waals surface area contributed by atoms with E-state index in [1.807, 2.05) is 90.4 Å². The maximum Gasteiger partial charge on any atom is 0.184 e. The fourth-order valence-electron chi connectivity index (χ4n) is 4.48. The highest BCUT2D eigenvalue weighted by molar-refractivity contribution is 5.81. The minimum absolute atomic E-state index is 0.445. The SMILES string of the molecule is Cc1onc(-c2ccccc2)c1-c1cn2cccc(OC(C=O)c3c(-c4ccccc4)noc3C)c2n1. The molecule has 0 saturated carbocycles. The zero-order chi connectivity index (χ0) is 25.4. The maximum absolute atomic E-state index is 12.3. The average molecular weight is 491 g/mol. The van der Waals surface area contributed by atoms with Crippen molar-refractivity contribution in [1.29, 1.82) is 0 Å². The van der Waals surface area contributed by atoms with Crippen LogP contribution in [0.5, 0.6) is 5.75 Å². The summed E-state index contributed by atoms with van der Waals surface area (Å²) in [7, 11) is 0. The highest BCUT2D eigenvalue weighted by atomic mass is 16.5. The number of pyridine rings is 1. The maximum atomic E-state index is 12.3. The molecule has 1 atom stereocenters. The van der Waals surface area contributed by atoms with Gasteiger partial charge in [0.15, 0.2) is 23.8 Å². The number of hydrogen-bond donors (Lipinski definition) is 0. The Kier molecular flexibility index (Phi) is 5.61. The highest BCUT2D eigenvalue weighted by Crippen LogP contribution is 2.36. The minimum Gasteiger partial charge on any atom is -0.474 e. The molecular formula is C29H22N4O4. The van der Waals surface area contributed by atoms with Crippen LogP contribution in [0.2, 0.25) is 0 Å². The van der Waals surface area contributed by atoms with E-state index in [2.05, 4.69) is 10.3 Å². The van der Waals surface area contributed by atoms with E-state index in [-0.39, 0.29) is 0 Å². The Balaban J connectivity index is 1.41. The van der Waals surface area contributed by atoms with Crippen LogP contribution in [0.4, 0.5) is 0 Å². The standard InChI is InChI=1S/C29H22N4O4/c1-18-25(27(31-36-18)20-10-5-3-6-11-20)22-16-33-15-9-14-23(29(33)30-22)35-24(17-34)26-19(2)37-32-28(26)21-12-7-4-8-13-21/h3-17,24H,1-2H3. The first kappa shape index (κ1) is 22.5. The lowest BCUT2D eigenvalue weighted by Crippen LogP contribution is -2.11. The van der Waals surface area contributed by atoms with Crippen molar-refractivity contribution in [2.24, 2.45) is 0 Å². The third kappa shape index (κ3) is 3.98. The molecule has 6 rings (SSSR count). The summed E-state index contributed by atoms with van der Waals surface area (Å²) in [6, 6.07) is 23.0. The minimum atomic E-state index is -0.940. The summed E-state index contributed by atoms with van der Waals surface area (Å²) in [6.07, 6.45) is 3.57. The summed E-state index contributed by atoms with van der Waals surface area (Å²) in [5, 5.41) is 8.47. The Labute approximate surface area is 212 Å². The Bertz CT molecular complexity index is 1700. The van der Waals surface area contributed by atoms with Gasteiger partial charge in [-0.05, 0) is 26.0 Å². The van der Waals surface area contributed by atoms with Gasteiger partial charge in [0.25, 0.3) is 0 Å². The lowest BCUT2D eigenvalue weighted by molar-refractivity contribution is -0.113. The van der Waals surface area contributed by atoms with Gasteiger partial charge in [-0.2, -0.15) is 0 Å². The molecule has 0 saturated heterocycles. The average Bonchev–Trinajstić information content (AvgIpc) is 3.65. The molecule has 0 radical (unpaired) electrons. The van der Waals surface area contributed by atoms with Gasteiger partial charge < -0.3 is 18.2 Å². The number of aromatic nitrogens is 4. The molecule has 182 valence electrons. The van der Waals surface area contributed by atoms with E-state index in [1.165, 1.54) is 0 Å². The summed E-state index contributed by atoms with van der Waals surface area (Å²) < 4.78 is 19.1. The molecule has 4 heterocycles. The van der Waals surface area contributed by atoms with Crippen LogP contribution in [0.25, 0.3) is 39.4 Å². The number of aryl methyl sites for hydroxylation is 2. The van der Waals surface area contributed by atoms with E-state index in [4.69, 9.17) is 18.8 Å². The van der Waals surface area contributed by atoms with Crippen LogP contribution in [0.15, 0.2) is 94.2 Å². The van der Waals surface area contributed by atoms with Crippen LogP contribution in [0.3, 0.4) is 0 Å². The summed E-state index contributed by atoms with van der Waals surface area (Å²) in [5.74, 6) is 1.61. The van der Waals surface area contributed by atoms with Crippen molar-refractivity contribution in [2.45, 2.75) is 20.0 Å². The smallest absolute Gasteiger partial charge is 0.184 e. The fraction of sp³-hybridized carbons (Fsp3) is 0.103. The Morgan fingerprint density at radius 1 is 0.838 bits per heavy atom. The van der Waals surface area contributed by atoms with Crippen LogP contribution in [-0.4, -0.2) is 26.0 Å². The number of aldehydes is 1. The quantitative estimate of drug-likeness (QED) is 0.244. The molecule has 0 aliphatic rings. The molecule has 0 N–H and O–H groups in total. The fourth-order valence-corrected chi connectivity index (χ4v) is 4.48. The van der Waals surface area contributed by atoms with E-state index in [0.717, 1.165) is 23.0 Å². The first-order valence-electron chi connectivity index (χ1n) is 11.8. The van der Waals surface area contributed by atoms with Gasteiger partial charge in [0.05, 0.1) is 16.8 Å². The number of fused-ring (bicyclic) bond motifs is 1. The van der Waals surface area contributed by atoms with Gasteiger partial charge in [-0.1, -0.05) is 71.0 Å². The number of hydrogen-bond acceptors (Lipinski definition) is 7. The topological polar surface area (TPSA) is 95.7 Å². The van der Waals surface area contributed by atoms with E-state index in [9.17, 15) is 4.79 Å². The molecule has 8 heteroatoms. The van der Waals surface area contributed by atoms with Crippen molar-refractivity contribution in [3.8, 4) is 39.5 Å². The van der Waals surface area contributed by atoms with Crippen LogP contribution in [0.1, 0.15) is 23.2 Å². The predicted octanol–water partition coefficient (Wildman–Crippen LogP) is 6.25. The van der Waals surface area contributed by atoms with E-state index in [0.29, 0.717) is 45.6 Å². The van der Waals surface area contributed by atoms with Crippen LogP contribution >= 0.6 is 0 Å². The number of imidazole rings is 1. The predicted molar refractivity (Wildman–Crippen MR) is 137 cm³/mol. The Hall–Kier alpha value is -4.98. The molecule has 0 fully saturated rings. The molecule has 0 spiro atoms. The lowest BCUT2D eigenvalue weighted by Gasteiger charge is -2.14. The van der Waals surface area contributed by atoms with Crippen molar-refractivity contribution in [1.82, 2.24) is 19.7 Å². The number of carbonyl (C=O) groups is 1. The number of carbonyl (C=O) groups excluding carboxylic acids is 1. The van der Waals surface area contributed by atoms with Gasteiger partial charge in [-0.25, -0.2) is 4.98 Å². The third-order valence-electron chi connectivity index (χ3n) is 6.23. The summed E-state index contributed by atoms with van der Waals surface area (Å²) >= 11 is 0. The highest BCUT2D eigenvalue weighted by Gasteiger charge is 2.26. The molecule has 2 aromatic carbocycles. The van der Waals surface area contributed by atoms with Crippen LogP contribution < -0.4 is 4.74 Å². The van der Waals surface area contributed by atoms with Gasteiger partial charge in [0.2, 0.25) is 0 Å².